The average molecular weight is 313 g/mol. The predicted molar refractivity (Wildman–Crippen MR) is 70.6 cm³/mol. The number of nitro benzene ring substituents is 1. The van der Waals surface area contributed by atoms with E-state index in [1.807, 2.05) is 0 Å². The maximum atomic E-state index is 12.0. The second-order valence-electron chi connectivity index (χ2n) is 4.23. The molecule has 0 amide bonds. The number of nitrogens with zero attached hydrogens (tertiary/aromatic N) is 1. The molecule has 22 heavy (non-hydrogen) atoms. The Bertz CT molecular complexity index is 639. The van der Waals surface area contributed by atoms with Crippen molar-refractivity contribution in [3.8, 4) is 11.5 Å². The lowest BCUT2D eigenvalue weighted by Crippen LogP contribution is -2.17. The fourth-order valence-corrected chi connectivity index (χ4v) is 1.62. The van der Waals surface area contributed by atoms with E-state index >= 15 is 0 Å². The molecule has 0 N–H and O–H groups in total. The molecular formula is C14H10F3NO4. The standard InChI is InChI=1S/C14H10F3NO4/c15-14(16,17)22-13-5-1-10(2-6-13)9-21-12-7-3-11(4-8-12)18(19)20/h1-8H,9H2. The number of hydrogen-bond acceptors (Lipinski definition) is 4. The molecule has 0 heterocycles. The molecule has 0 saturated carbocycles. The zero-order valence-corrected chi connectivity index (χ0v) is 11.0. The van der Waals surface area contributed by atoms with Crippen LogP contribution in [0, 0.1) is 10.1 Å². The van der Waals surface area contributed by atoms with E-state index in [0.717, 1.165) is 0 Å². The van der Waals surface area contributed by atoms with E-state index in [-0.39, 0.29) is 18.0 Å². The van der Waals surface area contributed by atoms with Gasteiger partial charge in [-0.15, -0.1) is 13.2 Å². The molecule has 0 atom stereocenters. The summed E-state index contributed by atoms with van der Waals surface area (Å²) in [4.78, 5) is 9.97. The minimum atomic E-state index is -4.73. The second kappa shape index (κ2) is 6.33. The van der Waals surface area contributed by atoms with Crippen molar-refractivity contribution in [2.75, 3.05) is 0 Å². The smallest absolute Gasteiger partial charge is 0.489 e. The Morgan fingerprint density at radius 3 is 2.00 bits per heavy atom. The van der Waals surface area contributed by atoms with E-state index in [9.17, 15) is 23.3 Å². The summed E-state index contributed by atoms with van der Waals surface area (Å²) < 4.78 is 45.1. The van der Waals surface area contributed by atoms with Crippen molar-refractivity contribution in [1.82, 2.24) is 0 Å². The highest BCUT2D eigenvalue weighted by molar-refractivity contribution is 5.36. The zero-order valence-electron chi connectivity index (χ0n) is 11.0. The molecule has 0 aromatic heterocycles. The Kier molecular flexibility index (Phi) is 4.50. The first kappa shape index (κ1) is 15.6. The maximum Gasteiger partial charge on any atom is 0.573 e. The van der Waals surface area contributed by atoms with Crippen LogP contribution in [0.2, 0.25) is 0 Å². The van der Waals surface area contributed by atoms with Gasteiger partial charge in [0.25, 0.3) is 5.69 Å². The Balaban J connectivity index is 1.92. The minimum Gasteiger partial charge on any atom is -0.489 e. The second-order valence-corrected chi connectivity index (χ2v) is 4.23. The summed E-state index contributed by atoms with van der Waals surface area (Å²) in [6.07, 6.45) is -4.73. The van der Waals surface area contributed by atoms with Gasteiger partial charge in [0.05, 0.1) is 4.92 Å². The summed E-state index contributed by atoms with van der Waals surface area (Å²) in [5, 5.41) is 10.5. The first-order chi connectivity index (χ1) is 10.3. The van der Waals surface area contributed by atoms with Gasteiger partial charge in [0.15, 0.2) is 0 Å². The molecule has 5 nitrogen and oxygen atoms in total. The lowest BCUT2D eigenvalue weighted by Gasteiger charge is -2.10. The molecule has 0 radical (unpaired) electrons. The van der Waals surface area contributed by atoms with E-state index in [1.165, 1.54) is 48.5 Å². The predicted octanol–water partition coefficient (Wildman–Crippen LogP) is 4.07. The summed E-state index contributed by atoms with van der Waals surface area (Å²) in [6, 6.07) is 10.7. The average Bonchev–Trinajstić information content (AvgIpc) is 2.45. The van der Waals surface area contributed by atoms with Gasteiger partial charge in [-0.1, -0.05) is 12.1 Å². The largest absolute Gasteiger partial charge is 0.573 e. The molecule has 0 saturated heterocycles. The van der Waals surface area contributed by atoms with Crippen molar-refractivity contribution < 1.29 is 27.6 Å². The van der Waals surface area contributed by atoms with Gasteiger partial charge in [0.2, 0.25) is 0 Å². The summed E-state index contributed by atoms with van der Waals surface area (Å²) in [5.74, 6) is 0.104. The van der Waals surface area contributed by atoms with Crippen LogP contribution in [0.25, 0.3) is 0 Å². The highest BCUT2D eigenvalue weighted by Gasteiger charge is 2.30. The highest BCUT2D eigenvalue weighted by Crippen LogP contribution is 2.23. The lowest BCUT2D eigenvalue weighted by molar-refractivity contribution is -0.384. The normalized spacial score (nSPS) is 11.0. The van der Waals surface area contributed by atoms with Crippen LogP contribution < -0.4 is 9.47 Å². The van der Waals surface area contributed by atoms with Gasteiger partial charge in [0.1, 0.15) is 18.1 Å². The number of alkyl halides is 3. The molecule has 2 aromatic carbocycles. The van der Waals surface area contributed by atoms with Crippen molar-refractivity contribution in [3.05, 3.63) is 64.2 Å². The van der Waals surface area contributed by atoms with Gasteiger partial charge < -0.3 is 9.47 Å². The number of benzene rings is 2. The molecule has 0 spiro atoms. The van der Waals surface area contributed by atoms with Crippen LogP contribution >= 0.6 is 0 Å². The van der Waals surface area contributed by atoms with E-state index < -0.39 is 11.3 Å². The number of halogens is 3. The lowest BCUT2D eigenvalue weighted by atomic mass is 10.2. The summed E-state index contributed by atoms with van der Waals surface area (Å²) in [5.41, 5.74) is 0.578. The molecule has 0 aliphatic heterocycles. The molecule has 116 valence electrons. The Labute approximate surface area is 123 Å². The number of rotatable bonds is 5. The summed E-state index contributed by atoms with van der Waals surface area (Å²) >= 11 is 0. The van der Waals surface area contributed by atoms with Crippen molar-refractivity contribution >= 4 is 5.69 Å². The Morgan fingerprint density at radius 2 is 1.50 bits per heavy atom. The van der Waals surface area contributed by atoms with Gasteiger partial charge in [-0.2, -0.15) is 0 Å². The number of ether oxygens (including phenoxy) is 2. The van der Waals surface area contributed by atoms with Crippen molar-refractivity contribution in [2.24, 2.45) is 0 Å². The molecular weight excluding hydrogens is 303 g/mol. The third-order valence-corrected chi connectivity index (χ3v) is 2.61. The van der Waals surface area contributed by atoms with Crippen LogP contribution in [-0.4, -0.2) is 11.3 Å². The quantitative estimate of drug-likeness (QED) is 0.616. The topological polar surface area (TPSA) is 61.6 Å². The SMILES string of the molecule is O=[N+]([O-])c1ccc(OCc2ccc(OC(F)(F)F)cc2)cc1. The van der Waals surface area contributed by atoms with Crippen LogP contribution in [0.4, 0.5) is 18.9 Å². The third kappa shape index (κ3) is 4.65. The highest BCUT2D eigenvalue weighted by atomic mass is 19.4. The number of nitro groups is 1. The number of hydrogen-bond donors (Lipinski definition) is 0. The van der Waals surface area contributed by atoms with Crippen LogP contribution in [0.15, 0.2) is 48.5 Å². The minimum absolute atomic E-state index is 0.0546. The van der Waals surface area contributed by atoms with Crippen LogP contribution in [0.1, 0.15) is 5.56 Å². The molecule has 0 aliphatic rings. The first-order valence-corrected chi connectivity index (χ1v) is 6.05. The molecule has 0 aliphatic carbocycles. The fourth-order valence-electron chi connectivity index (χ4n) is 1.62. The third-order valence-electron chi connectivity index (χ3n) is 2.61. The van der Waals surface area contributed by atoms with E-state index in [1.54, 1.807) is 0 Å². The van der Waals surface area contributed by atoms with Gasteiger partial charge in [0, 0.05) is 12.1 Å². The Morgan fingerprint density at radius 1 is 0.955 bits per heavy atom. The number of non-ortho nitro benzene ring substituents is 1. The van der Waals surface area contributed by atoms with Gasteiger partial charge in [-0.05, 0) is 29.8 Å². The first-order valence-electron chi connectivity index (χ1n) is 6.05. The summed E-state index contributed by atoms with van der Waals surface area (Å²) in [7, 11) is 0. The van der Waals surface area contributed by atoms with Crippen LogP contribution in [-0.2, 0) is 6.61 Å². The molecule has 2 rings (SSSR count). The molecule has 0 unspecified atom stereocenters. The fraction of sp³-hybridized carbons (Fsp3) is 0.143. The summed E-state index contributed by atoms with van der Waals surface area (Å²) in [6.45, 7) is 0.115. The van der Waals surface area contributed by atoms with Crippen LogP contribution in [0.3, 0.4) is 0 Å². The van der Waals surface area contributed by atoms with Crippen LogP contribution in [0.5, 0.6) is 11.5 Å². The van der Waals surface area contributed by atoms with Gasteiger partial charge in [-0.25, -0.2) is 0 Å². The molecule has 2 aromatic rings. The van der Waals surface area contributed by atoms with Gasteiger partial charge >= 0.3 is 6.36 Å². The van der Waals surface area contributed by atoms with E-state index in [2.05, 4.69) is 4.74 Å². The van der Waals surface area contributed by atoms with Crippen molar-refractivity contribution in [2.45, 2.75) is 13.0 Å². The van der Waals surface area contributed by atoms with Crippen molar-refractivity contribution in [3.63, 3.8) is 0 Å². The molecule has 8 heteroatoms. The monoisotopic (exact) mass is 313 g/mol. The van der Waals surface area contributed by atoms with Gasteiger partial charge in [-0.3, -0.25) is 10.1 Å². The molecule has 0 fully saturated rings. The maximum absolute atomic E-state index is 12.0. The zero-order chi connectivity index (χ0) is 16.2. The molecule has 0 bridgehead atoms. The Hall–Kier alpha value is -2.77. The van der Waals surface area contributed by atoms with E-state index in [4.69, 9.17) is 4.74 Å². The van der Waals surface area contributed by atoms with E-state index in [0.29, 0.717) is 11.3 Å². The van der Waals surface area contributed by atoms with Crippen molar-refractivity contribution in [1.29, 1.82) is 0 Å².